The lowest BCUT2D eigenvalue weighted by molar-refractivity contribution is 0.102. The summed E-state index contributed by atoms with van der Waals surface area (Å²) in [6.07, 6.45) is 6.69. The fraction of sp³-hybridized carbons (Fsp3) is 0.462. The molecule has 0 unspecified atom stereocenters. The highest BCUT2D eigenvalue weighted by molar-refractivity contribution is 7.15. The average Bonchev–Trinajstić information content (AvgIpc) is 3.12. The molecule has 0 radical (unpaired) electrons. The van der Waals surface area contributed by atoms with E-state index in [1.807, 2.05) is 6.92 Å². The Hall–Kier alpha value is -1.47. The maximum atomic E-state index is 12.0. The fourth-order valence-electron chi connectivity index (χ4n) is 2.26. The summed E-state index contributed by atoms with van der Waals surface area (Å²) in [7, 11) is 0. The van der Waals surface area contributed by atoms with Crippen molar-refractivity contribution in [2.75, 3.05) is 10.6 Å². The zero-order valence-electron chi connectivity index (χ0n) is 11.2. The molecule has 2 aromatic heterocycles. The van der Waals surface area contributed by atoms with Crippen molar-refractivity contribution in [3.63, 3.8) is 0 Å². The zero-order chi connectivity index (χ0) is 13.9. The van der Waals surface area contributed by atoms with Gasteiger partial charge in [-0.15, -0.1) is 22.7 Å². The van der Waals surface area contributed by atoms with Crippen molar-refractivity contribution in [3.05, 3.63) is 22.1 Å². The number of carbonyl (C=O) groups is 1. The Labute approximate surface area is 125 Å². The second-order valence-corrected chi connectivity index (χ2v) is 6.99. The van der Waals surface area contributed by atoms with Crippen LogP contribution in [0.15, 0.2) is 11.6 Å². The molecule has 20 heavy (non-hydrogen) atoms. The van der Waals surface area contributed by atoms with Gasteiger partial charge in [-0.2, -0.15) is 0 Å². The highest BCUT2D eigenvalue weighted by atomic mass is 32.1. The summed E-state index contributed by atoms with van der Waals surface area (Å²) in [6, 6.07) is 0.513. The molecule has 0 spiro atoms. The van der Waals surface area contributed by atoms with Crippen LogP contribution in [0.3, 0.4) is 0 Å². The van der Waals surface area contributed by atoms with Gasteiger partial charge in [0.05, 0.1) is 0 Å². The second kappa shape index (κ2) is 5.88. The van der Waals surface area contributed by atoms with Crippen LogP contribution in [0.1, 0.15) is 41.0 Å². The summed E-state index contributed by atoms with van der Waals surface area (Å²) in [5.74, 6) is -0.199. The number of hydrogen-bond donors (Lipinski definition) is 2. The van der Waals surface area contributed by atoms with E-state index in [4.69, 9.17) is 0 Å². The number of thiazole rings is 2. The van der Waals surface area contributed by atoms with Gasteiger partial charge in [0.1, 0.15) is 5.69 Å². The molecule has 2 heterocycles. The molecule has 2 N–H and O–H groups in total. The first-order valence-electron chi connectivity index (χ1n) is 6.66. The van der Waals surface area contributed by atoms with Crippen LogP contribution in [0.25, 0.3) is 0 Å². The maximum absolute atomic E-state index is 12.0. The van der Waals surface area contributed by atoms with Crippen molar-refractivity contribution in [2.45, 2.75) is 38.6 Å². The molecule has 0 aliphatic heterocycles. The van der Waals surface area contributed by atoms with E-state index < -0.39 is 0 Å². The van der Waals surface area contributed by atoms with Gasteiger partial charge in [-0.3, -0.25) is 10.1 Å². The van der Waals surface area contributed by atoms with Crippen LogP contribution in [0, 0.1) is 6.92 Å². The Morgan fingerprint density at radius 1 is 1.35 bits per heavy atom. The van der Waals surface area contributed by atoms with Crippen molar-refractivity contribution < 1.29 is 4.79 Å². The van der Waals surface area contributed by atoms with Gasteiger partial charge in [0.15, 0.2) is 10.3 Å². The SMILES string of the molecule is Cc1cnc(NC(=O)c2csc(NC3CCCC3)n2)s1. The molecule has 7 heteroatoms. The molecule has 1 amide bonds. The molecule has 1 aliphatic rings. The van der Waals surface area contributed by atoms with E-state index in [9.17, 15) is 4.79 Å². The Bertz CT molecular complexity index is 601. The van der Waals surface area contributed by atoms with Crippen LogP contribution in [0.4, 0.5) is 10.3 Å². The molecule has 1 aliphatic carbocycles. The first-order chi connectivity index (χ1) is 9.70. The largest absolute Gasteiger partial charge is 0.359 e. The highest BCUT2D eigenvalue weighted by Crippen LogP contribution is 2.25. The normalized spacial score (nSPS) is 15.4. The molecule has 1 fully saturated rings. The third-order valence-electron chi connectivity index (χ3n) is 3.26. The number of nitrogens with zero attached hydrogens (tertiary/aromatic N) is 2. The predicted molar refractivity (Wildman–Crippen MR) is 82.8 cm³/mol. The summed E-state index contributed by atoms with van der Waals surface area (Å²) in [6.45, 7) is 1.96. The Morgan fingerprint density at radius 2 is 2.15 bits per heavy atom. The number of anilines is 2. The van der Waals surface area contributed by atoms with E-state index >= 15 is 0 Å². The van der Waals surface area contributed by atoms with Crippen molar-refractivity contribution >= 4 is 38.8 Å². The molecule has 5 nitrogen and oxygen atoms in total. The van der Waals surface area contributed by atoms with Crippen LogP contribution < -0.4 is 10.6 Å². The molecule has 1 saturated carbocycles. The summed E-state index contributed by atoms with van der Waals surface area (Å²) in [4.78, 5) is 21.6. The third-order valence-corrected chi connectivity index (χ3v) is 4.86. The summed E-state index contributed by atoms with van der Waals surface area (Å²) in [5.41, 5.74) is 0.448. The van der Waals surface area contributed by atoms with Gasteiger partial charge in [-0.05, 0) is 19.8 Å². The van der Waals surface area contributed by atoms with E-state index in [0.717, 1.165) is 10.0 Å². The lowest BCUT2D eigenvalue weighted by Gasteiger charge is -2.09. The van der Waals surface area contributed by atoms with Gasteiger partial charge in [0.2, 0.25) is 0 Å². The second-order valence-electron chi connectivity index (χ2n) is 4.89. The minimum atomic E-state index is -0.199. The summed E-state index contributed by atoms with van der Waals surface area (Å²) >= 11 is 2.94. The van der Waals surface area contributed by atoms with E-state index in [-0.39, 0.29) is 5.91 Å². The molecular weight excluding hydrogens is 292 g/mol. The molecular formula is C13H16N4OS2. The standard InChI is InChI=1S/C13H16N4OS2/c1-8-6-14-12(20-8)17-11(18)10-7-19-13(16-10)15-9-4-2-3-5-9/h6-7,9H,2-5H2,1H3,(H,15,16)(H,14,17,18). The van der Waals surface area contributed by atoms with Crippen LogP contribution in [-0.4, -0.2) is 21.9 Å². The van der Waals surface area contributed by atoms with Gasteiger partial charge < -0.3 is 5.32 Å². The van der Waals surface area contributed by atoms with E-state index in [2.05, 4.69) is 20.6 Å². The van der Waals surface area contributed by atoms with E-state index in [0.29, 0.717) is 16.9 Å². The van der Waals surface area contributed by atoms with Crippen LogP contribution >= 0.6 is 22.7 Å². The quantitative estimate of drug-likeness (QED) is 0.907. The molecule has 3 rings (SSSR count). The number of nitrogens with one attached hydrogen (secondary N) is 2. The van der Waals surface area contributed by atoms with Crippen molar-refractivity contribution in [1.29, 1.82) is 0 Å². The molecule has 0 saturated heterocycles. The highest BCUT2D eigenvalue weighted by Gasteiger charge is 2.17. The minimum absolute atomic E-state index is 0.199. The van der Waals surface area contributed by atoms with E-state index in [1.165, 1.54) is 48.4 Å². The van der Waals surface area contributed by atoms with E-state index in [1.54, 1.807) is 11.6 Å². The lowest BCUT2D eigenvalue weighted by atomic mass is 10.3. The van der Waals surface area contributed by atoms with Gasteiger partial charge in [-0.1, -0.05) is 12.8 Å². The lowest BCUT2D eigenvalue weighted by Crippen LogP contribution is -2.15. The summed E-state index contributed by atoms with van der Waals surface area (Å²) < 4.78 is 0. The van der Waals surface area contributed by atoms with Gasteiger partial charge >= 0.3 is 0 Å². The zero-order valence-corrected chi connectivity index (χ0v) is 12.8. The maximum Gasteiger partial charge on any atom is 0.276 e. The number of carbonyl (C=O) groups excluding carboxylic acids is 1. The smallest absolute Gasteiger partial charge is 0.276 e. The van der Waals surface area contributed by atoms with Crippen LogP contribution in [-0.2, 0) is 0 Å². The van der Waals surface area contributed by atoms with Crippen molar-refractivity contribution in [3.8, 4) is 0 Å². The van der Waals surface area contributed by atoms with Gasteiger partial charge in [0.25, 0.3) is 5.91 Å². The number of aromatic nitrogens is 2. The average molecular weight is 308 g/mol. The third kappa shape index (κ3) is 3.16. The molecule has 0 bridgehead atoms. The molecule has 0 atom stereocenters. The van der Waals surface area contributed by atoms with Crippen LogP contribution in [0.2, 0.25) is 0 Å². The summed E-state index contributed by atoms with van der Waals surface area (Å²) in [5, 5.41) is 9.40. The number of aryl methyl sites for hydroxylation is 1. The first kappa shape index (κ1) is 13.5. The first-order valence-corrected chi connectivity index (χ1v) is 8.36. The molecule has 106 valence electrons. The van der Waals surface area contributed by atoms with Gasteiger partial charge in [0, 0.05) is 22.5 Å². The number of rotatable bonds is 4. The topological polar surface area (TPSA) is 66.9 Å². The monoisotopic (exact) mass is 308 g/mol. The van der Waals surface area contributed by atoms with Crippen LogP contribution in [0.5, 0.6) is 0 Å². The van der Waals surface area contributed by atoms with Crippen molar-refractivity contribution in [1.82, 2.24) is 9.97 Å². The predicted octanol–water partition coefficient (Wildman–Crippen LogP) is 3.51. The Kier molecular flexibility index (Phi) is 3.98. The minimum Gasteiger partial charge on any atom is -0.359 e. The van der Waals surface area contributed by atoms with Crippen molar-refractivity contribution in [2.24, 2.45) is 0 Å². The van der Waals surface area contributed by atoms with Gasteiger partial charge in [-0.25, -0.2) is 9.97 Å². The Balaban J connectivity index is 1.62. The molecule has 0 aromatic carbocycles. The molecule has 2 aromatic rings. The number of hydrogen-bond acceptors (Lipinski definition) is 6. The number of amides is 1. The fourth-order valence-corrected chi connectivity index (χ4v) is 3.69. The Morgan fingerprint density at radius 3 is 2.85 bits per heavy atom.